The van der Waals surface area contributed by atoms with Crippen molar-refractivity contribution in [3.05, 3.63) is 64.8 Å². The summed E-state index contributed by atoms with van der Waals surface area (Å²) in [6.45, 7) is 5.55. The van der Waals surface area contributed by atoms with E-state index in [4.69, 9.17) is 11.6 Å². The van der Waals surface area contributed by atoms with Crippen molar-refractivity contribution in [3.8, 4) is 5.75 Å². The van der Waals surface area contributed by atoms with Crippen LogP contribution < -0.4 is 5.43 Å². The van der Waals surface area contributed by atoms with Gasteiger partial charge in [-0.25, -0.2) is 5.43 Å². The van der Waals surface area contributed by atoms with Gasteiger partial charge in [0.1, 0.15) is 12.3 Å². The highest BCUT2D eigenvalue weighted by Gasteiger charge is 2.12. The first kappa shape index (κ1) is 21.4. The Hall–Kier alpha value is -3.32. The third kappa shape index (κ3) is 4.63. The molecular formula is C22H23ClN4O3. The fraction of sp³-hybridized carbons (Fsp3) is 0.227. The standard InChI is InChI=1S/C22H23ClN4O3/c1-3-26(4-2)21(29)14-27-11-10-17-16(6-5-7-19(17)27)13-24-25-22(30)15-8-9-20(28)18(23)12-15/h5-13,28H,3-4,14H2,1-2H3,(H,25,30)/b24-13+. The van der Waals surface area contributed by atoms with Crippen LogP contribution in [0.1, 0.15) is 29.8 Å². The van der Waals surface area contributed by atoms with Crippen molar-refractivity contribution in [2.45, 2.75) is 20.4 Å². The maximum absolute atomic E-state index is 12.4. The largest absolute Gasteiger partial charge is 0.506 e. The van der Waals surface area contributed by atoms with Gasteiger partial charge in [0, 0.05) is 41.3 Å². The fourth-order valence-electron chi connectivity index (χ4n) is 3.19. The Morgan fingerprint density at radius 2 is 1.97 bits per heavy atom. The smallest absolute Gasteiger partial charge is 0.271 e. The summed E-state index contributed by atoms with van der Waals surface area (Å²) < 4.78 is 1.91. The lowest BCUT2D eigenvalue weighted by molar-refractivity contribution is -0.131. The molecule has 2 N–H and O–H groups in total. The number of nitrogens with one attached hydrogen (secondary N) is 1. The Kier molecular flexibility index (Phi) is 6.74. The molecule has 1 aromatic heterocycles. The number of aromatic hydroxyl groups is 1. The number of hydrogen-bond donors (Lipinski definition) is 2. The van der Waals surface area contributed by atoms with Gasteiger partial charge in [-0.1, -0.05) is 23.7 Å². The average Bonchev–Trinajstić information content (AvgIpc) is 3.14. The zero-order valence-electron chi connectivity index (χ0n) is 16.8. The Labute approximate surface area is 179 Å². The van der Waals surface area contributed by atoms with Gasteiger partial charge < -0.3 is 14.6 Å². The van der Waals surface area contributed by atoms with Gasteiger partial charge in [0.25, 0.3) is 5.91 Å². The van der Waals surface area contributed by atoms with Crippen LogP contribution in [0, 0.1) is 0 Å². The summed E-state index contributed by atoms with van der Waals surface area (Å²) >= 11 is 5.83. The van der Waals surface area contributed by atoms with E-state index in [9.17, 15) is 14.7 Å². The van der Waals surface area contributed by atoms with Crippen LogP contribution in [-0.4, -0.2) is 45.7 Å². The van der Waals surface area contributed by atoms with E-state index in [1.54, 1.807) is 11.1 Å². The highest BCUT2D eigenvalue weighted by Crippen LogP contribution is 2.23. The maximum atomic E-state index is 12.4. The number of likely N-dealkylation sites (N-methyl/N-ethyl adjacent to an activating group) is 1. The number of benzene rings is 2. The van der Waals surface area contributed by atoms with Crippen LogP contribution in [0.2, 0.25) is 5.02 Å². The lowest BCUT2D eigenvalue weighted by Crippen LogP contribution is -2.33. The Morgan fingerprint density at radius 1 is 1.20 bits per heavy atom. The van der Waals surface area contributed by atoms with E-state index >= 15 is 0 Å². The Balaban J connectivity index is 1.75. The lowest BCUT2D eigenvalue weighted by atomic mass is 10.1. The van der Waals surface area contributed by atoms with Gasteiger partial charge in [-0.15, -0.1) is 0 Å². The van der Waals surface area contributed by atoms with E-state index in [1.165, 1.54) is 18.2 Å². The molecule has 2 aromatic carbocycles. The van der Waals surface area contributed by atoms with Gasteiger partial charge >= 0.3 is 0 Å². The lowest BCUT2D eigenvalue weighted by Gasteiger charge is -2.19. The van der Waals surface area contributed by atoms with Crippen molar-refractivity contribution >= 4 is 40.5 Å². The third-order valence-electron chi connectivity index (χ3n) is 4.85. The number of amides is 2. The number of halogens is 1. The molecule has 7 nitrogen and oxygen atoms in total. The van der Waals surface area contributed by atoms with Crippen LogP contribution in [0.5, 0.6) is 5.75 Å². The molecule has 3 rings (SSSR count). The molecule has 0 saturated heterocycles. The first-order valence-corrected chi connectivity index (χ1v) is 10.00. The second kappa shape index (κ2) is 9.45. The molecular weight excluding hydrogens is 404 g/mol. The van der Waals surface area contributed by atoms with Gasteiger partial charge in [-0.05, 0) is 44.2 Å². The molecule has 8 heteroatoms. The summed E-state index contributed by atoms with van der Waals surface area (Å²) in [7, 11) is 0. The van der Waals surface area contributed by atoms with Crippen molar-refractivity contribution in [2.75, 3.05) is 13.1 Å². The van der Waals surface area contributed by atoms with Gasteiger partial charge in [-0.2, -0.15) is 5.10 Å². The minimum atomic E-state index is -0.442. The summed E-state index contributed by atoms with van der Waals surface area (Å²) in [5.74, 6) is -0.466. The maximum Gasteiger partial charge on any atom is 0.271 e. The minimum absolute atomic E-state index is 0.0661. The van der Waals surface area contributed by atoms with Crippen LogP contribution in [0.15, 0.2) is 53.8 Å². The van der Waals surface area contributed by atoms with E-state index in [2.05, 4.69) is 10.5 Å². The van der Waals surface area contributed by atoms with Crippen LogP contribution in [0.4, 0.5) is 0 Å². The molecule has 0 spiro atoms. The molecule has 0 aliphatic carbocycles. The summed E-state index contributed by atoms with van der Waals surface area (Å²) in [5.41, 5.74) is 4.46. The summed E-state index contributed by atoms with van der Waals surface area (Å²) in [6.07, 6.45) is 3.43. The first-order chi connectivity index (χ1) is 14.4. The Morgan fingerprint density at radius 3 is 2.67 bits per heavy atom. The second-order valence-corrected chi connectivity index (χ2v) is 7.06. The molecule has 3 aromatic rings. The number of rotatable bonds is 7. The first-order valence-electron chi connectivity index (χ1n) is 9.62. The number of hydrogen-bond acceptors (Lipinski definition) is 4. The number of hydrazone groups is 1. The van der Waals surface area contributed by atoms with Gasteiger partial charge in [0.2, 0.25) is 5.91 Å². The number of phenolic OH excluding ortho intramolecular Hbond substituents is 1. The van der Waals surface area contributed by atoms with E-state index in [0.717, 1.165) is 16.5 Å². The van der Waals surface area contributed by atoms with Crippen molar-refractivity contribution < 1.29 is 14.7 Å². The number of aromatic nitrogens is 1. The summed E-state index contributed by atoms with van der Waals surface area (Å²) in [5, 5.41) is 14.5. The predicted molar refractivity (Wildman–Crippen MR) is 118 cm³/mol. The normalized spacial score (nSPS) is 11.2. The highest BCUT2D eigenvalue weighted by molar-refractivity contribution is 6.32. The molecule has 0 radical (unpaired) electrons. The number of phenols is 1. The molecule has 0 unspecified atom stereocenters. The summed E-state index contributed by atoms with van der Waals surface area (Å²) in [6, 6.07) is 11.8. The molecule has 0 bridgehead atoms. The van der Waals surface area contributed by atoms with E-state index in [-0.39, 0.29) is 28.8 Å². The van der Waals surface area contributed by atoms with E-state index in [1.807, 2.05) is 48.9 Å². The number of carbonyl (C=O) groups excluding carboxylic acids is 2. The zero-order chi connectivity index (χ0) is 21.7. The van der Waals surface area contributed by atoms with Crippen LogP contribution in [0.25, 0.3) is 10.9 Å². The predicted octanol–water partition coefficient (Wildman–Crippen LogP) is 3.63. The fourth-order valence-corrected chi connectivity index (χ4v) is 3.37. The molecule has 0 atom stereocenters. The van der Waals surface area contributed by atoms with Crippen molar-refractivity contribution in [3.63, 3.8) is 0 Å². The monoisotopic (exact) mass is 426 g/mol. The molecule has 0 aliphatic rings. The zero-order valence-corrected chi connectivity index (χ0v) is 17.6. The van der Waals surface area contributed by atoms with Crippen molar-refractivity contribution in [2.24, 2.45) is 5.10 Å². The molecule has 1 heterocycles. The number of nitrogens with zero attached hydrogens (tertiary/aromatic N) is 3. The van der Waals surface area contributed by atoms with E-state index in [0.29, 0.717) is 13.1 Å². The van der Waals surface area contributed by atoms with Crippen molar-refractivity contribution in [1.29, 1.82) is 0 Å². The molecule has 0 fully saturated rings. The van der Waals surface area contributed by atoms with Crippen molar-refractivity contribution in [1.82, 2.24) is 14.9 Å². The Bertz CT molecular complexity index is 1100. The second-order valence-electron chi connectivity index (χ2n) is 6.66. The van der Waals surface area contributed by atoms with Gasteiger partial charge in [0.15, 0.2) is 0 Å². The summed E-state index contributed by atoms with van der Waals surface area (Å²) in [4.78, 5) is 26.4. The molecule has 30 heavy (non-hydrogen) atoms. The topological polar surface area (TPSA) is 86.9 Å². The van der Waals surface area contributed by atoms with Crippen LogP contribution in [0.3, 0.4) is 0 Å². The van der Waals surface area contributed by atoms with Gasteiger partial charge in [-0.3, -0.25) is 9.59 Å². The SMILES string of the molecule is CCN(CC)C(=O)Cn1ccc2c(/C=N/NC(=O)c3ccc(O)c(Cl)c3)cccc21. The van der Waals surface area contributed by atoms with Crippen LogP contribution in [-0.2, 0) is 11.3 Å². The number of carbonyl (C=O) groups is 2. The van der Waals surface area contributed by atoms with E-state index < -0.39 is 5.91 Å². The third-order valence-corrected chi connectivity index (χ3v) is 5.15. The van der Waals surface area contributed by atoms with Crippen LogP contribution >= 0.6 is 11.6 Å². The minimum Gasteiger partial charge on any atom is -0.506 e. The molecule has 0 aliphatic heterocycles. The average molecular weight is 427 g/mol. The molecule has 2 amide bonds. The molecule has 156 valence electrons. The molecule has 0 saturated carbocycles. The van der Waals surface area contributed by atoms with Gasteiger partial charge in [0.05, 0.1) is 11.2 Å². The highest BCUT2D eigenvalue weighted by atomic mass is 35.5. The number of fused-ring (bicyclic) bond motifs is 1. The quantitative estimate of drug-likeness (QED) is 0.446.